The molecule has 0 heterocycles. The second kappa shape index (κ2) is 10.4. The van der Waals surface area contributed by atoms with E-state index in [1.165, 1.54) is 6.21 Å². The Bertz CT molecular complexity index is 756. The molecular formula is C19H18IN3O2. The van der Waals surface area contributed by atoms with Crippen LogP contribution in [0.2, 0.25) is 0 Å². The zero-order valence-corrected chi connectivity index (χ0v) is 15.6. The first-order chi connectivity index (χ1) is 12.1. The van der Waals surface area contributed by atoms with Gasteiger partial charge in [0.25, 0.3) is 0 Å². The van der Waals surface area contributed by atoms with Gasteiger partial charge in [-0.3, -0.25) is 9.59 Å². The third kappa shape index (κ3) is 7.75. The monoisotopic (exact) mass is 447 g/mol. The van der Waals surface area contributed by atoms with Crippen LogP contribution in [0, 0.1) is 3.57 Å². The summed E-state index contributed by atoms with van der Waals surface area (Å²) in [5, 5.41) is 6.56. The van der Waals surface area contributed by atoms with Crippen molar-refractivity contribution in [1.82, 2.24) is 5.43 Å². The summed E-state index contributed by atoms with van der Waals surface area (Å²) in [6.45, 7) is 0. The molecule has 0 atom stereocenters. The lowest BCUT2D eigenvalue weighted by Gasteiger charge is -2.04. The van der Waals surface area contributed by atoms with E-state index in [9.17, 15) is 9.59 Å². The van der Waals surface area contributed by atoms with Gasteiger partial charge in [-0.15, -0.1) is 0 Å². The van der Waals surface area contributed by atoms with Gasteiger partial charge in [0.2, 0.25) is 11.8 Å². The van der Waals surface area contributed by atoms with E-state index >= 15 is 0 Å². The number of nitrogens with one attached hydrogen (secondary N) is 2. The zero-order valence-electron chi connectivity index (χ0n) is 13.5. The van der Waals surface area contributed by atoms with Crippen molar-refractivity contribution in [1.29, 1.82) is 0 Å². The van der Waals surface area contributed by atoms with E-state index in [1.807, 2.05) is 60.7 Å². The van der Waals surface area contributed by atoms with Crippen LogP contribution in [0.3, 0.4) is 0 Å². The molecule has 2 amide bonds. The Labute approximate surface area is 160 Å². The molecule has 0 saturated carbocycles. The molecule has 0 saturated heterocycles. The van der Waals surface area contributed by atoms with Gasteiger partial charge >= 0.3 is 0 Å². The molecule has 0 bridgehead atoms. The van der Waals surface area contributed by atoms with Gasteiger partial charge < -0.3 is 5.32 Å². The van der Waals surface area contributed by atoms with Gasteiger partial charge in [0, 0.05) is 28.3 Å². The van der Waals surface area contributed by atoms with Gasteiger partial charge in [0.05, 0.1) is 0 Å². The maximum absolute atomic E-state index is 11.8. The van der Waals surface area contributed by atoms with Crippen molar-refractivity contribution >= 4 is 52.4 Å². The standard InChI is InChI=1S/C19H18IN3O2/c20-16-8-10-17(11-9-16)22-18(24)12-13-19(25)23-21-14-4-7-15-5-2-1-3-6-15/h1-11,14H,12-13H2,(H,22,24)(H,23,25)/b7-4+,21-14-. The number of allylic oxidation sites excluding steroid dienone is 1. The third-order valence-corrected chi connectivity index (χ3v) is 3.86. The fourth-order valence-corrected chi connectivity index (χ4v) is 2.27. The van der Waals surface area contributed by atoms with E-state index in [4.69, 9.17) is 0 Å². The van der Waals surface area contributed by atoms with Crippen LogP contribution in [0.1, 0.15) is 18.4 Å². The molecule has 2 aromatic carbocycles. The lowest BCUT2D eigenvalue weighted by atomic mass is 10.2. The molecule has 0 aromatic heterocycles. The largest absolute Gasteiger partial charge is 0.326 e. The van der Waals surface area contributed by atoms with Crippen LogP contribution < -0.4 is 10.7 Å². The minimum Gasteiger partial charge on any atom is -0.326 e. The van der Waals surface area contributed by atoms with Crippen LogP contribution in [0.15, 0.2) is 65.8 Å². The van der Waals surface area contributed by atoms with Crippen LogP contribution in [0.5, 0.6) is 0 Å². The van der Waals surface area contributed by atoms with E-state index in [1.54, 1.807) is 6.08 Å². The lowest BCUT2D eigenvalue weighted by molar-refractivity contribution is -0.124. The smallest absolute Gasteiger partial charge is 0.240 e. The molecule has 0 unspecified atom stereocenters. The Balaban J connectivity index is 1.66. The molecule has 128 valence electrons. The number of hydrogen-bond acceptors (Lipinski definition) is 3. The molecule has 0 aliphatic rings. The molecule has 2 N–H and O–H groups in total. The Kier molecular flexibility index (Phi) is 7.84. The SMILES string of the molecule is O=C(CCC(=O)Nc1ccc(I)cc1)N/N=C\C=C\c1ccccc1. The minimum absolute atomic E-state index is 0.0793. The zero-order chi connectivity index (χ0) is 17.9. The Morgan fingerprint density at radius 1 is 0.960 bits per heavy atom. The number of amides is 2. The average Bonchev–Trinajstić information content (AvgIpc) is 2.62. The lowest BCUT2D eigenvalue weighted by Crippen LogP contribution is -2.20. The number of anilines is 1. The minimum atomic E-state index is -0.304. The highest BCUT2D eigenvalue weighted by Gasteiger charge is 2.06. The molecule has 5 nitrogen and oxygen atoms in total. The summed E-state index contributed by atoms with van der Waals surface area (Å²) in [4.78, 5) is 23.4. The first-order valence-electron chi connectivity index (χ1n) is 7.72. The number of carbonyl (C=O) groups is 2. The highest BCUT2D eigenvalue weighted by atomic mass is 127. The molecular weight excluding hydrogens is 429 g/mol. The predicted octanol–water partition coefficient (Wildman–Crippen LogP) is 3.83. The first kappa shape index (κ1) is 18.9. The fraction of sp³-hybridized carbons (Fsp3) is 0.105. The van der Waals surface area contributed by atoms with Crippen LogP contribution in [0.4, 0.5) is 5.69 Å². The number of benzene rings is 2. The summed E-state index contributed by atoms with van der Waals surface area (Å²) < 4.78 is 1.09. The van der Waals surface area contributed by atoms with Crippen molar-refractivity contribution in [3.63, 3.8) is 0 Å². The van der Waals surface area contributed by atoms with E-state index in [-0.39, 0.29) is 24.7 Å². The van der Waals surface area contributed by atoms with Crippen LogP contribution >= 0.6 is 22.6 Å². The summed E-state index contributed by atoms with van der Waals surface area (Å²) in [5.41, 5.74) is 4.16. The Morgan fingerprint density at radius 3 is 2.36 bits per heavy atom. The maximum Gasteiger partial charge on any atom is 0.240 e. The van der Waals surface area contributed by atoms with Crippen LogP contribution in [-0.4, -0.2) is 18.0 Å². The van der Waals surface area contributed by atoms with Crippen molar-refractivity contribution in [2.75, 3.05) is 5.32 Å². The van der Waals surface area contributed by atoms with E-state index in [0.29, 0.717) is 0 Å². The van der Waals surface area contributed by atoms with Crippen molar-refractivity contribution in [3.8, 4) is 0 Å². The molecule has 2 aromatic rings. The van der Waals surface area contributed by atoms with Crippen molar-refractivity contribution < 1.29 is 9.59 Å². The van der Waals surface area contributed by atoms with E-state index in [0.717, 1.165) is 14.8 Å². The number of hydrazone groups is 1. The van der Waals surface area contributed by atoms with E-state index < -0.39 is 0 Å². The summed E-state index contributed by atoms with van der Waals surface area (Å²) in [6, 6.07) is 17.2. The highest BCUT2D eigenvalue weighted by molar-refractivity contribution is 14.1. The number of rotatable bonds is 7. The summed E-state index contributed by atoms with van der Waals surface area (Å²) in [6.07, 6.45) is 5.29. The van der Waals surface area contributed by atoms with Gasteiger partial charge in [-0.05, 0) is 58.5 Å². The number of hydrogen-bond donors (Lipinski definition) is 2. The Morgan fingerprint density at radius 2 is 1.64 bits per heavy atom. The molecule has 0 spiro atoms. The fourth-order valence-electron chi connectivity index (χ4n) is 1.91. The second-order valence-electron chi connectivity index (χ2n) is 5.14. The third-order valence-electron chi connectivity index (χ3n) is 3.15. The molecule has 0 aliphatic heterocycles. The van der Waals surface area contributed by atoms with Crippen LogP contribution in [-0.2, 0) is 9.59 Å². The predicted molar refractivity (Wildman–Crippen MR) is 109 cm³/mol. The number of halogens is 1. The summed E-state index contributed by atoms with van der Waals surface area (Å²) in [5.74, 6) is -0.508. The topological polar surface area (TPSA) is 70.6 Å². The molecule has 0 fully saturated rings. The first-order valence-corrected chi connectivity index (χ1v) is 8.80. The number of nitrogens with zero attached hydrogens (tertiary/aromatic N) is 1. The molecule has 25 heavy (non-hydrogen) atoms. The number of carbonyl (C=O) groups excluding carboxylic acids is 2. The normalized spacial score (nSPS) is 10.9. The van der Waals surface area contributed by atoms with E-state index in [2.05, 4.69) is 38.4 Å². The van der Waals surface area contributed by atoms with Gasteiger partial charge in [0.1, 0.15) is 0 Å². The molecule has 6 heteroatoms. The van der Waals surface area contributed by atoms with Gasteiger partial charge in [-0.25, -0.2) is 5.43 Å². The van der Waals surface area contributed by atoms with Crippen molar-refractivity contribution in [3.05, 3.63) is 69.8 Å². The molecule has 0 radical (unpaired) electrons. The quantitative estimate of drug-likeness (QED) is 0.385. The van der Waals surface area contributed by atoms with Crippen LogP contribution in [0.25, 0.3) is 6.08 Å². The Hall–Kier alpha value is -2.48. The summed E-state index contributed by atoms with van der Waals surface area (Å²) in [7, 11) is 0. The van der Waals surface area contributed by atoms with Crippen molar-refractivity contribution in [2.45, 2.75) is 12.8 Å². The van der Waals surface area contributed by atoms with Gasteiger partial charge in [-0.1, -0.05) is 36.4 Å². The van der Waals surface area contributed by atoms with Gasteiger partial charge in [0.15, 0.2) is 0 Å². The van der Waals surface area contributed by atoms with Crippen molar-refractivity contribution in [2.24, 2.45) is 5.10 Å². The average molecular weight is 447 g/mol. The second-order valence-corrected chi connectivity index (χ2v) is 6.38. The highest BCUT2D eigenvalue weighted by Crippen LogP contribution is 2.11. The summed E-state index contributed by atoms with van der Waals surface area (Å²) >= 11 is 2.19. The molecule has 0 aliphatic carbocycles. The molecule has 2 rings (SSSR count). The maximum atomic E-state index is 11.8. The van der Waals surface area contributed by atoms with Gasteiger partial charge in [-0.2, -0.15) is 5.10 Å².